The van der Waals surface area contributed by atoms with Gasteiger partial charge in [-0.3, -0.25) is 9.52 Å². The molecular weight excluding hydrogens is 431 g/mol. The van der Waals surface area contributed by atoms with E-state index in [0.29, 0.717) is 5.56 Å². The predicted octanol–water partition coefficient (Wildman–Crippen LogP) is 4.61. The maximum Gasteiger partial charge on any atom is 0.262 e. The molecule has 156 valence electrons. The second-order valence-corrected chi connectivity index (χ2v) is 8.42. The van der Waals surface area contributed by atoms with Crippen LogP contribution in [0, 0.1) is 12.7 Å². The number of carbonyl (C=O) groups excluding carboxylic acids is 1. The molecule has 0 atom stereocenters. The van der Waals surface area contributed by atoms with E-state index in [2.05, 4.69) is 10.0 Å². The molecule has 0 aliphatic rings. The highest BCUT2D eigenvalue weighted by Crippen LogP contribution is 2.26. The van der Waals surface area contributed by atoms with E-state index >= 15 is 0 Å². The van der Waals surface area contributed by atoms with Gasteiger partial charge in [-0.2, -0.15) is 0 Å². The molecule has 0 spiro atoms. The average molecular weight is 449 g/mol. The lowest BCUT2D eigenvalue weighted by atomic mass is 10.2. The summed E-state index contributed by atoms with van der Waals surface area (Å²) in [6, 6.07) is 16.4. The topological polar surface area (TPSA) is 84.5 Å². The molecule has 0 saturated heterocycles. The largest absolute Gasteiger partial charge is 0.484 e. The number of ether oxygens (including phenoxy) is 1. The SMILES string of the molecule is Cc1ccc(NC(=O)COc2cccc(F)c2)cc1S(=O)(=O)Nc1ccccc1Cl. The number of anilines is 2. The minimum atomic E-state index is -3.94. The summed E-state index contributed by atoms with van der Waals surface area (Å²) < 4.78 is 46.5. The van der Waals surface area contributed by atoms with Crippen LogP contribution < -0.4 is 14.8 Å². The first-order valence-electron chi connectivity index (χ1n) is 8.81. The van der Waals surface area contributed by atoms with Crippen LogP contribution in [0.15, 0.2) is 71.6 Å². The van der Waals surface area contributed by atoms with E-state index in [1.807, 2.05) is 0 Å². The van der Waals surface area contributed by atoms with Crippen LogP contribution in [0.2, 0.25) is 5.02 Å². The van der Waals surface area contributed by atoms with E-state index < -0.39 is 21.7 Å². The Bertz CT molecular complexity index is 1190. The van der Waals surface area contributed by atoms with Gasteiger partial charge in [-0.25, -0.2) is 12.8 Å². The molecule has 0 saturated carbocycles. The second kappa shape index (κ2) is 9.15. The van der Waals surface area contributed by atoms with Crippen molar-refractivity contribution >= 4 is 38.9 Å². The number of benzene rings is 3. The van der Waals surface area contributed by atoms with Gasteiger partial charge in [-0.05, 0) is 48.9 Å². The average Bonchev–Trinajstić information content (AvgIpc) is 2.69. The van der Waals surface area contributed by atoms with Gasteiger partial charge in [0.1, 0.15) is 11.6 Å². The first kappa shape index (κ1) is 21.6. The monoisotopic (exact) mass is 448 g/mol. The van der Waals surface area contributed by atoms with E-state index in [0.717, 1.165) is 6.07 Å². The quantitative estimate of drug-likeness (QED) is 0.553. The highest BCUT2D eigenvalue weighted by molar-refractivity contribution is 7.92. The summed E-state index contributed by atoms with van der Waals surface area (Å²) in [7, 11) is -3.94. The van der Waals surface area contributed by atoms with E-state index in [9.17, 15) is 17.6 Å². The van der Waals surface area contributed by atoms with Crippen molar-refractivity contribution in [2.45, 2.75) is 11.8 Å². The van der Waals surface area contributed by atoms with Crippen LogP contribution >= 0.6 is 11.6 Å². The lowest BCUT2D eigenvalue weighted by molar-refractivity contribution is -0.118. The molecule has 3 aromatic carbocycles. The Morgan fingerprint density at radius 1 is 1.07 bits per heavy atom. The summed E-state index contributed by atoms with van der Waals surface area (Å²) in [4.78, 5) is 12.1. The number of halogens is 2. The number of sulfonamides is 1. The van der Waals surface area contributed by atoms with Gasteiger partial charge in [0.25, 0.3) is 15.9 Å². The maximum atomic E-state index is 13.2. The third-order valence-electron chi connectivity index (χ3n) is 4.05. The molecule has 0 heterocycles. The number of aryl methyl sites for hydroxylation is 1. The van der Waals surface area contributed by atoms with Gasteiger partial charge in [0.05, 0.1) is 15.6 Å². The number of para-hydroxylation sites is 1. The van der Waals surface area contributed by atoms with Crippen LogP contribution in [0.4, 0.5) is 15.8 Å². The summed E-state index contributed by atoms with van der Waals surface area (Å²) in [6.07, 6.45) is 0. The van der Waals surface area contributed by atoms with Crippen molar-refractivity contribution in [1.29, 1.82) is 0 Å². The fraction of sp³-hybridized carbons (Fsp3) is 0.0952. The molecule has 0 fully saturated rings. The number of hydrogen-bond acceptors (Lipinski definition) is 4. The van der Waals surface area contributed by atoms with Gasteiger partial charge in [0.2, 0.25) is 0 Å². The Morgan fingerprint density at radius 2 is 1.83 bits per heavy atom. The lowest BCUT2D eigenvalue weighted by Gasteiger charge is -2.13. The fourth-order valence-electron chi connectivity index (χ4n) is 2.61. The van der Waals surface area contributed by atoms with Gasteiger partial charge in [0.15, 0.2) is 6.61 Å². The Balaban J connectivity index is 1.72. The first-order chi connectivity index (χ1) is 14.2. The molecule has 30 heavy (non-hydrogen) atoms. The van der Waals surface area contributed by atoms with E-state index in [4.69, 9.17) is 16.3 Å². The number of amides is 1. The van der Waals surface area contributed by atoms with Crippen LogP contribution in [-0.2, 0) is 14.8 Å². The van der Waals surface area contributed by atoms with Crippen molar-refractivity contribution in [1.82, 2.24) is 0 Å². The molecule has 2 N–H and O–H groups in total. The Hall–Kier alpha value is -3.10. The molecule has 0 aromatic heterocycles. The van der Waals surface area contributed by atoms with Crippen molar-refractivity contribution in [3.63, 3.8) is 0 Å². The molecule has 3 aromatic rings. The minimum Gasteiger partial charge on any atom is -0.484 e. The van der Waals surface area contributed by atoms with Gasteiger partial charge in [0, 0.05) is 11.8 Å². The Labute approximate surface area is 178 Å². The van der Waals surface area contributed by atoms with Crippen molar-refractivity contribution in [3.8, 4) is 5.75 Å². The van der Waals surface area contributed by atoms with E-state index in [1.54, 1.807) is 43.3 Å². The Kier molecular flexibility index (Phi) is 6.59. The molecule has 0 radical (unpaired) electrons. The third kappa shape index (κ3) is 5.49. The van der Waals surface area contributed by atoms with Gasteiger partial charge >= 0.3 is 0 Å². The van der Waals surface area contributed by atoms with Gasteiger partial charge in [-0.1, -0.05) is 35.9 Å². The summed E-state index contributed by atoms with van der Waals surface area (Å²) >= 11 is 6.03. The number of rotatable bonds is 7. The molecule has 1 amide bonds. The number of hydrogen-bond donors (Lipinski definition) is 2. The van der Waals surface area contributed by atoms with Crippen LogP contribution in [0.1, 0.15) is 5.56 Å². The summed E-state index contributed by atoms with van der Waals surface area (Å²) in [5.41, 5.74) is 1.01. The zero-order valence-electron chi connectivity index (χ0n) is 15.9. The normalized spacial score (nSPS) is 11.0. The van der Waals surface area contributed by atoms with Gasteiger partial charge in [-0.15, -0.1) is 0 Å². The first-order valence-corrected chi connectivity index (χ1v) is 10.7. The molecule has 0 aliphatic heterocycles. The molecule has 0 unspecified atom stereocenters. The highest BCUT2D eigenvalue weighted by Gasteiger charge is 2.19. The number of nitrogens with one attached hydrogen (secondary N) is 2. The van der Waals surface area contributed by atoms with E-state index in [-0.39, 0.29) is 33.6 Å². The zero-order chi connectivity index (χ0) is 21.7. The smallest absolute Gasteiger partial charge is 0.262 e. The summed E-state index contributed by atoms with van der Waals surface area (Å²) in [5.74, 6) is -0.793. The third-order valence-corrected chi connectivity index (χ3v) is 5.88. The van der Waals surface area contributed by atoms with Gasteiger partial charge < -0.3 is 10.1 Å². The molecular formula is C21H18ClFN2O4S. The molecule has 0 bridgehead atoms. The molecule has 0 aliphatic carbocycles. The summed E-state index contributed by atoms with van der Waals surface area (Å²) in [6.45, 7) is 1.27. The van der Waals surface area contributed by atoms with Crippen LogP contribution in [0.5, 0.6) is 5.75 Å². The van der Waals surface area contributed by atoms with Crippen molar-refractivity contribution in [2.24, 2.45) is 0 Å². The van der Waals surface area contributed by atoms with Crippen LogP contribution in [0.25, 0.3) is 0 Å². The standard InChI is InChI=1S/C21H18ClFN2O4S/c1-14-9-10-16(24-21(26)13-29-17-6-4-5-15(23)11-17)12-20(14)30(27,28)25-19-8-3-2-7-18(19)22/h2-12,25H,13H2,1H3,(H,24,26). The predicted molar refractivity (Wildman–Crippen MR) is 114 cm³/mol. The zero-order valence-corrected chi connectivity index (χ0v) is 17.4. The van der Waals surface area contributed by atoms with Crippen molar-refractivity contribution in [3.05, 3.63) is 83.1 Å². The lowest BCUT2D eigenvalue weighted by Crippen LogP contribution is -2.21. The summed E-state index contributed by atoms with van der Waals surface area (Å²) in [5, 5.41) is 2.83. The fourth-order valence-corrected chi connectivity index (χ4v) is 4.20. The molecule has 3 rings (SSSR count). The Morgan fingerprint density at radius 3 is 2.57 bits per heavy atom. The minimum absolute atomic E-state index is 0.00808. The van der Waals surface area contributed by atoms with Crippen LogP contribution in [-0.4, -0.2) is 20.9 Å². The van der Waals surface area contributed by atoms with Crippen molar-refractivity contribution < 1.29 is 22.3 Å². The number of carbonyl (C=O) groups is 1. The maximum absolute atomic E-state index is 13.2. The molecule has 6 nitrogen and oxygen atoms in total. The van der Waals surface area contributed by atoms with Crippen LogP contribution in [0.3, 0.4) is 0 Å². The van der Waals surface area contributed by atoms with E-state index in [1.165, 1.54) is 24.3 Å². The highest BCUT2D eigenvalue weighted by atomic mass is 35.5. The molecule has 9 heteroatoms. The van der Waals surface area contributed by atoms with Crippen molar-refractivity contribution in [2.75, 3.05) is 16.6 Å². The second-order valence-electron chi connectivity index (χ2n) is 6.36.